The van der Waals surface area contributed by atoms with Gasteiger partial charge in [0.25, 0.3) is 11.8 Å². The highest BCUT2D eigenvalue weighted by molar-refractivity contribution is 9.10. The molecule has 0 aliphatic carbocycles. The molecule has 0 spiro atoms. The summed E-state index contributed by atoms with van der Waals surface area (Å²) in [4.78, 5) is 37.8. The van der Waals surface area contributed by atoms with Gasteiger partial charge in [-0.2, -0.15) is 0 Å². The number of hydrogen-bond acceptors (Lipinski definition) is 3. The lowest BCUT2D eigenvalue weighted by molar-refractivity contribution is -0.122. The molecule has 0 atom stereocenters. The summed E-state index contributed by atoms with van der Waals surface area (Å²) >= 11 is 3.33. The van der Waals surface area contributed by atoms with Crippen LogP contribution < -0.4 is 10.2 Å². The third-order valence-electron chi connectivity index (χ3n) is 3.54. The minimum Gasteiger partial charge on any atom is -0.273 e. The quantitative estimate of drug-likeness (QED) is 0.637. The number of imide groups is 2. The Morgan fingerprint density at radius 1 is 1.04 bits per heavy atom. The second kappa shape index (κ2) is 6.41. The van der Waals surface area contributed by atoms with Crippen molar-refractivity contribution >= 4 is 45.5 Å². The van der Waals surface area contributed by atoms with Crippen LogP contribution in [0.1, 0.15) is 11.1 Å². The van der Waals surface area contributed by atoms with Gasteiger partial charge >= 0.3 is 6.03 Å². The summed E-state index contributed by atoms with van der Waals surface area (Å²) < 4.78 is 0.889. The van der Waals surface area contributed by atoms with Crippen molar-refractivity contribution in [3.8, 4) is 0 Å². The molecule has 0 bridgehead atoms. The van der Waals surface area contributed by atoms with Crippen molar-refractivity contribution in [2.45, 2.75) is 6.92 Å². The fourth-order valence-corrected chi connectivity index (χ4v) is 2.65. The first-order valence-corrected chi connectivity index (χ1v) is 7.99. The number of barbiturate groups is 1. The van der Waals surface area contributed by atoms with Gasteiger partial charge in [-0.15, -0.1) is 0 Å². The summed E-state index contributed by atoms with van der Waals surface area (Å²) in [7, 11) is 0. The van der Waals surface area contributed by atoms with Crippen LogP contribution in [0.2, 0.25) is 0 Å². The van der Waals surface area contributed by atoms with Crippen molar-refractivity contribution in [1.29, 1.82) is 0 Å². The normalized spacial score (nSPS) is 16.5. The van der Waals surface area contributed by atoms with Gasteiger partial charge in [0.1, 0.15) is 5.57 Å². The van der Waals surface area contributed by atoms with E-state index in [4.69, 9.17) is 0 Å². The maximum atomic E-state index is 12.7. The topological polar surface area (TPSA) is 66.5 Å². The van der Waals surface area contributed by atoms with Crippen molar-refractivity contribution in [3.63, 3.8) is 0 Å². The third-order valence-corrected chi connectivity index (χ3v) is 4.07. The zero-order chi connectivity index (χ0) is 17.3. The predicted octanol–water partition coefficient (Wildman–Crippen LogP) is 3.42. The molecule has 2 aromatic carbocycles. The molecule has 24 heavy (non-hydrogen) atoms. The van der Waals surface area contributed by atoms with Crippen LogP contribution in [0.4, 0.5) is 10.5 Å². The van der Waals surface area contributed by atoms with Gasteiger partial charge in [0.15, 0.2) is 0 Å². The molecule has 0 aromatic heterocycles. The van der Waals surface area contributed by atoms with Crippen LogP contribution in [0.5, 0.6) is 0 Å². The lowest BCUT2D eigenvalue weighted by Gasteiger charge is -2.26. The van der Waals surface area contributed by atoms with Crippen LogP contribution in [0.15, 0.2) is 58.6 Å². The van der Waals surface area contributed by atoms with E-state index in [0.717, 1.165) is 14.9 Å². The number of amides is 4. The standard InChI is InChI=1S/C18H13BrN2O3/c1-11-3-2-4-14(9-11)21-17(23)15(16(22)20-18(21)24)10-12-5-7-13(19)8-6-12/h2-10H,1H3,(H,20,22,24)/b15-10+. The van der Waals surface area contributed by atoms with Crippen molar-refractivity contribution in [2.24, 2.45) is 0 Å². The van der Waals surface area contributed by atoms with E-state index in [0.29, 0.717) is 11.3 Å². The molecule has 1 aliphatic heterocycles. The number of nitrogens with one attached hydrogen (secondary N) is 1. The van der Waals surface area contributed by atoms with E-state index < -0.39 is 17.8 Å². The average molecular weight is 385 g/mol. The molecule has 2 aromatic rings. The average Bonchev–Trinajstić information content (AvgIpc) is 2.53. The first kappa shape index (κ1) is 16.1. The van der Waals surface area contributed by atoms with E-state index in [2.05, 4.69) is 21.2 Å². The Kier molecular flexibility index (Phi) is 4.31. The van der Waals surface area contributed by atoms with Crippen molar-refractivity contribution in [2.75, 3.05) is 4.90 Å². The third kappa shape index (κ3) is 3.14. The summed E-state index contributed by atoms with van der Waals surface area (Å²) in [6.45, 7) is 1.86. The number of carbonyl (C=O) groups is 3. The number of aryl methyl sites for hydroxylation is 1. The van der Waals surface area contributed by atoms with E-state index in [1.807, 2.05) is 13.0 Å². The Bertz CT molecular complexity index is 872. The van der Waals surface area contributed by atoms with Gasteiger partial charge in [0.05, 0.1) is 5.69 Å². The summed E-state index contributed by atoms with van der Waals surface area (Å²) in [5.74, 6) is -1.34. The minimum atomic E-state index is -0.747. The maximum absolute atomic E-state index is 12.7. The van der Waals surface area contributed by atoms with E-state index >= 15 is 0 Å². The number of rotatable bonds is 2. The molecule has 3 rings (SSSR count). The van der Waals surface area contributed by atoms with Crippen LogP contribution in [0, 0.1) is 6.92 Å². The Balaban J connectivity index is 2.01. The van der Waals surface area contributed by atoms with Gasteiger partial charge in [-0.1, -0.05) is 40.2 Å². The first-order valence-electron chi connectivity index (χ1n) is 7.19. The van der Waals surface area contributed by atoms with E-state index in [1.165, 1.54) is 6.08 Å². The smallest absolute Gasteiger partial charge is 0.273 e. The number of hydrogen-bond donors (Lipinski definition) is 1. The zero-order valence-corrected chi connectivity index (χ0v) is 14.3. The van der Waals surface area contributed by atoms with E-state index in [9.17, 15) is 14.4 Å². The molecular formula is C18H13BrN2O3. The number of urea groups is 1. The molecule has 1 aliphatic rings. The molecule has 0 unspecified atom stereocenters. The van der Waals surface area contributed by atoms with Crippen LogP contribution in [0.3, 0.4) is 0 Å². The zero-order valence-electron chi connectivity index (χ0n) is 12.7. The monoisotopic (exact) mass is 384 g/mol. The number of halogens is 1. The Hall–Kier alpha value is -2.73. The van der Waals surface area contributed by atoms with Crippen LogP contribution in [-0.4, -0.2) is 17.8 Å². The highest BCUT2D eigenvalue weighted by atomic mass is 79.9. The molecule has 6 heteroatoms. The van der Waals surface area contributed by atoms with Crippen LogP contribution >= 0.6 is 15.9 Å². The van der Waals surface area contributed by atoms with Gasteiger partial charge < -0.3 is 0 Å². The SMILES string of the molecule is Cc1cccc(N2C(=O)NC(=O)/C(=C\c3ccc(Br)cc3)C2=O)c1. The first-order chi connectivity index (χ1) is 11.5. The van der Waals surface area contributed by atoms with Gasteiger partial charge in [-0.25, -0.2) is 9.69 Å². The predicted molar refractivity (Wildman–Crippen MR) is 94.3 cm³/mol. The summed E-state index contributed by atoms with van der Waals surface area (Å²) in [5.41, 5.74) is 1.93. The fraction of sp³-hybridized carbons (Fsp3) is 0.0556. The summed E-state index contributed by atoms with van der Waals surface area (Å²) in [5, 5.41) is 2.21. The van der Waals surface area contributed by atoms with Crippen molar-refractivity contribution in [3.05, 3.63) is 69.7 Å². The number of anilines is 1. The molecule has 4 amide bonds. The van der Waals surface area contributed by atoms with Gasteiger partial charge in [0, 0.05) is 4.47 Å². The molecule has 1 N–H and O–H groups in total. The van der Waals surface area contributed by atoms with Crippen LogP contribution in [0.25, 0.3) is 6.08 Å². The Morgan fingerprint density at radius 3 is 2.42 bits per heavy atom. The minimum absolute atomic E-state index is 0.0848. The maximum Gasteiger partial charge on any atom is 0.335 e. The molecule has 1 heterocycles. The Labute approximate surface area is 147 Å². The van der Waals surface area contributed by atoms with E-state index in [-0.39, 0.29) is 5.57 Å². The highest BCUT2D eigenvalue weighted by Crippen LogP contribution is 2.23. The van der Waals surface area contributed by atoms with E-state index in [1.54, 1.807) is 42.5 Å². The number of nitrogens with zero attached hydrogens (tertiary/aromatic N) is 1. The molecule has 120 valence electrons. The van der Waals surface area contributed by atoms with Gasteiger partial charge in [0.2, 0.25) is 0 Å². The lowest BCUT2D eigenvalue weighted by Crippen LogP contribution is -2.54. The largest absolute Gasteiger partial charge is 0.335 e. The Morgan fingerprint density at radius 2 is 1.75 bits per heavy atom. The second-order valence-corrected chi connectivity index (χ2v) is 6.26. The second-order valence-electron chi connectivity index (χ2n) is 5.35. The molecule has 1 fully saturated rings. The summed E-state index contributed by atoms with van der Waals surface area (Å²) in [6, 6.07) is 13.4. The summed E-state index contributed by atoms with van der Waals surface area (Å²) in [6.07, 6.45) is 1.47. The lowest BCUT2D eigenvalue weighted by atomic mass is 10.1. The van der Waals surface area contributed by atoms with Crippen molar-refractivity contribution in [1.82, 2.24) is 5.32 Å². The number of carbonyl (C=O) groups excluding carboxylic acids is 3. The van der Waals surface area contributed by atoms with Gasteiger partial charge in [-0.3, -0.25) is 14.9 Å². The number of benzene rings is 2. The molecule has 1 saturated heterocycles. The molecule has 0 saturated carbocycles. The fourth-order valence-electron chi connectivity index (χ4n) is 2.38. The highest BCUT2D eigenvalue weighted by Gasteiger charge is 2.36. The van der Waals surface area contributed by atoms with Crippen molar-refractivity contribution < 1.29 is 14.4 Å². The van der Waals surface area contributed by atoms with Gasteiger partial charge in [-0.05, 0) is 48.4 Å². The molecule has 0 radical (unpaired) electrons. The molecular weight excluding hydrogens is 372 g/mol. The molecule has 5 nitrogen and oxygen atoms in total. The van der Waals surface area contributed by atoms with Crippen LogP contribution in [-0.2, 0) is 9.59 Å².